The van der Waals surface area contributed by atoms with Gasteiger partial charge < -0.3 is 19.9 Å². The number of aromatic nitrogens is 3. The fraction of sp³-hybridized carbons (Fsp3) is 0.667. The Morgan fingerprint density at radius 3 is 2.90 bits per heavy atom. The summed E-state index contributed by atoms with van der Waals surface area (Å²) in [4.78, 5) is 8.71. The lowest BCUT2D eigenvalue weighted by atomic mass is 10.2. The van der Waals surface area contributed by atoms with E-state index in [1.807, 2.05) is 11.3 Å². The van der Waals surface area contributed by atoms with Crippen LogP contribution >= 0.6 is 11.3 Å². The summed E-state index contributed by atoms with van der Waals surface area (Å²) in [6, 6.07) is 4.67. The lowest BCUT2D eigenvalue weighted by molar-refractivity contribution is 0.0177. The molecule has 0 spiro atoms. The number of guanidine groups is 1. The second-order valence-corrected chi connectivity index (χ2v) is 8.73. The first-order chi connectivity index (χ1) is 14.8. The minimum absolute atomic E-state index is 0.321. The van der Waals surface area contributed by atoms with Crippen LogP contribution < -0.4 is 10.6 Å². The van der Waals surface area contributed by atoms with Crippen molar-refractivity contribution >= 4 is 17.3 Å². The van der Waals surface area contributed by atoms with Crippen LogP contribution in [0.15, 0.2) is 22.5 Å². The van der Waals surface area contributed by atoms with Crippen molar-refractivity contribution in [3.63, 3.8) is 0 Å². The molecule has 0 aromatic carbocycles. The Kier molecular flexibility index (Phi) is 7.71. The largest absolute Gasteiger partial charge is 0.379 e. The van der Waals surface area contributed by atoms with Crippen molar-refractivity contribution in [1.82, 2.24) is 30.3 Å². The first kappa shape index (κ1) is 21.3. The molecule has 4 heterocycles. The summed E-state index contributed by atoms with van der Waals surface area (Å²) in [5.41, 5.74) is 0. The third-order valence-corrected chi connectivity index (χ3v) is 6.70. The molecule has 4 rings (SSSR count). The molecule has 0 aliphatic carbocycles. The molecule has 2 aliphatic heterocycles. The molecule has 30 heavy (non-hydrogen) atoms. The molecule has 8 nitrogen and oxygen atoms in total. The predicted molar refractivity (Wildman–Crippen MR) is 120 cm³/mol. The van der Waals surface area contributed by atoms with Gasteiger partial charge in [-0.2, -0.15) is 0 Å². The number of ether oxygens (including phenoxy) is 1. The van der Waals surface area contributed by atoms with E-state index in [2.05, 4.69) is 54.7 Å². The third-order valence-electron chi connectivity index (χ3n) is 5.73. The highest BCUT2D eigenvalue weighted by Crippen LogP contribution is 2.25. The van der Waals surface area contributed by atoms with Gasteiger partial charge in [0.15, 0.2) is 11.8 Å². The number of nitrogens with one attached hydrogen (secondary N) is 2. The molecule has 2 aromatic heterocycles. The molecule has 2 N–H and O–H groups in total. The second-order valence-electron chi connectivity index (χ2n) is 7.75. The summed E-state index contributed by atoms with van der Waals surface area (Å²) in [5.74, 6) is 2.91. The quantitative estimate of drug-likeness (QED) is 0.517. The number of aliphatic imine (C=N–C) groups is 1. The maximum absolute atomic E-state index is 5.56. The van der Waals surface area contributed by atoms with Gasteiger partial charge in [-0.25, -0.2) is 4.99 Å². The second kappa shape index (κ2) is 10.9. The Morgan fingerprint density at radius 1 is 1.20 bits per heavy atom. The van der Waals surface area contributed by atoms with Crippen molar-refractivity contribution in [1.29, 1.82) is 0 Å². The number of rotatable bonds is 7. The van der Waals surface area contributed by atoms with E-state index in [9.17, 15) is 0 Å². The van der Waals surface area contributed by atoms with Gasteiger partial charge in [0.2, 0.25) is 0 Å². The number of thiophene rings is 1. The van der Waals surface area contributed by atoms with E-state index >= 15 is 0 Å². The van der Waals surface area contributed by atoms with Crippen molar-refractivity contribution in [2.75, 3.05) is 39.4 Å². The van der Waals surface area contributed by atoms with Crippen LogP contribution in [0, 0.1) is 0 Å². The van der Waals surface area contributed by atoms with Crippen LogP contribution in [0.2, 0.25) is 0 Å². The van der Waals surface area contributed by atoms with Crippen LogP contribution in [0.5, 0.6) is 0 Å². The average molecular weight is 432 g/mol. The van der Waals surface area contributed by atoms with Gasteiger partial charge in [0.1, 0.15) is 12.4 Å². The molecule has 0 bridgehead atoms. The Morgan fingerprint density at radius 2 is 2.10 bits per heavy atom. The van der Waals surface area contributed by atoms with Crippen molar-refractivity contribution in [3.05, 3.63) is 34.0 Å². The molecule has 1 unspecified atom stereocenters. The lowest BCUT2D eigenvalue weighted by Crippen LogP contribution is -2.46. The normalized spacial score (nSPS) is 19.2. The summed E-state index contributed by atoms with van der Waals surface area (Å²) >= 11 is 1.81. The summed E-state index contributed by atoms with van der Waals surface area (Å²) in [5, 5.41) is 17.9. The van der Waals surface area contributed by atoms with Crippen LogP contribution in [-0.4, -0.2) is 65.0 Å². The molecule has 1 atom stereocenters. The molecule has 0 saturated carbocycles. The van der Waals surface area contributed by atoms with Gasteiger partial charge >= 0.3 is 0 Å². The van der Waals surface area contributed by atoms with Gasteiger partial charge in [0.05, 0.1) is 19.3 Å². The first-order valence-electron chi connectivity index (χ1n) is 11.1. The Hall–Kier alpha value is -1.97. The summed E-state index contributed by atoms with van der Waals surface area (Å²) in [7, 11) is 0. The zero-order valence-electron chi connectivity index (χ0n) is 17.8. The molecule has 9 heteroatoms. The number of aryl methyl sites for hydroxylation is 1. The lowest BCUT2D eigenvalue weighted by Gasteiger charge is -2.34. The van der Waals surface area contributed by atoms with Crippen LogP contribution in [0.3, 0.4) is 0 Å². The zero-order valence-corrected chi connectivity index (χ0v) is 18.7. The van der Waals surface area contributed by atoms with Crippen LogP contribution in [0.25, 0.3) is 0 Å². The van der Waals surface area contributed by atoms with Crippen molar-refractivity contribution in [2.24, 2.45) is 4.99 Å². The van der Waals surface area contributed by atoms with E-state index in [-0.39, 0.29) is 0 Å². The highest BCUT2D eigenvalue weighted by atomic mass is 32.1. The molecule has 0 amide bonds. The van der Waals surface area contributed by atoms with Crippen molar-refractivity contribution < 1.29 is 4.74 Å². The molecular formula is C21H33N7OS. The number of fused-ring (bicyclic) bond motifs is 1. The predicted octanol–water partition coefficient (Wildman–Crippen LogP) is 2.19. The van der Waals surface area contributed by atoms with Crippen LogP contribution in [0.1, 0.15) is 48.8 Å². The van der Waals surface area contributed by atoms with Crippen molar-refractivity contribution in [2.45, 2.75) is 51.7 Å². The highest BCUT2D eigenvalue weighted by molar-refractivity contribution is 7.10. The molecule has 0 radical (unpaired) electrons. The molecular weight excluding hydrogens is 398 g/mol. The van der Waals surface area contributed by atoms with E-state index in [1.54, 1.807) is 0 Å². The van der Waals surface area contributed by atoms with Gasteiger partial charge in [0.25, 0.3) is 0 Å². The number of morpholine rings is 1. The minimum Gasteiger partial charge on any atom is -0.379 e. The maximum atomic E-state index is 5.56. The fourth-order valence-electron chi connectivity index (χ4n) is 4.13. The summed E-state index contributed by atoms with van der Waals surface area (Å²) in [6.45, 7) is 8.81. The van der Waals surface area contributed by atoms with E-state index in [1.165, 1.54) is 24.1 Å². The van der Waals surface area contributed by atoms with Crippen molar-refractivity contribution in [3.8, 4) is 0 Å². The smallest absolute Gasteiger partial charge is 0.191 e. The number of nitrogens with zero attached hydrogens (tertiary/aromatic N) is 5. The summed E-state index contributed by atoms with van der Waals surface area (Å²) in [6.07, 6.45) is 4.69. The minimum atomic E-state index is 0.321. The maximum Gasteiger partial charge on any atom is 0.191 e. The topological polar surface area (TPSA) is 79.6 Å². The Balaban J connectivity index is 1.42. The van der Waals surface area contributed by atoms with E-state index in [4.69, 9.17) is 9.73 Å². The standard InChI is InChI=1S/C21H33N7OS/c1-2-22-21(24-16-20-26-25-19-8-4-3-5-9-28(19)20)23-15-17(18-7-6-14-30-18)27-10-12-29-13-11-27/h6-7,14,17H,2-5,8-13,15-16H2,1H3,(H2,22,23,24). The van der Waals surface area contributed by atoms with Gasteiger partial charge in [-0.3, -0.25) is 4.90 Å². The molecule has 1 saturated heterocycles. The number of hydrogen-bond acceptors (Lipinski definition) is 6. The van der Waals surface area contributed by atoms with Gasteiger partial charge in [-0.15, -0.1) is 21.5 Å². The highest BCUT2D eigenvalue weighted by Gasteiger charge is 2.23. The molecule has 1 fully saturated rings. The average Bonchev–Trinajstić information content (AvgIpc) is 3.38. The van der Waals surface area contributed by atoms with Crippen LogP contribution in [0.4, 0.5) is 0 Å². The van der Waals surface area contributed by atoms with Gasteiger partial charge in [-0.1, -0.05) is 12.5 Å². The fourth-order valence-corrected chi connectivity index (χ4v) is 4.99. The monoisotopic (exact) mass is 431 g/mol. The molecule has 2 aromatic rings. The Bertz CT molecular complexity index is 798. The van der Waals surface area contributed by atoms with E-state index in [0.29, 0.717) is 12.6 Å². The van der Waals surface area contributed by atoms with Gasteiger partial charge in [-0.05, 0) is 31.2 Å². The number of hydrogen-bond donors (Lipinski definition) is 2. The third kappa shape index (κ3) is 5.39. The Labute approximate surface area is 182 Å². The van der Waals surface area contributed by atoms with Gasteiger partial charge in [0, 0.05) is 44.0 Å². The van der Waals surface area contributed by atoms with Crippen LogP contribution in [-0.2, 0) is 24.2 Å². The molecule has 2 aliphatic rings. The van der Waals surface area contributed by atoms with E-state index in [0.717, 1.165) is 70.0 Å². The van der Waals surface area contributed by atoms with E-state index < -0.39 is 0 Å². The summed E-state index contributed by atoms with van der Waals surface area (Å²) < 4.78 is 7.82. The molecule has 164 valence electrons. The SMILES string of the molecule is CCNC(=NCc1nnc2n1CCCCC2)NCC(c1cccs1)N1CCOCC1. The zero-order chi connectivity index (χ0) is 20.6. The first-order valence-corrected chi connectivity index (χ1v) is 12.0.